The normalized spacial score (nSPS) is 11.3. The minimum Gasteiger partial charge on any atom is -0.399 e. The molecule has 0 radical (unpaired) electrons. The van der Waals surface area contributed by atoms with E-state index >= 15 is 0 Å². The van der Waals surface area contributed by atoms with Crippen molar-refractivity contribution in [2.75, 3.05) is 17.6 Å². The largest absolute Gasteiger partial charge is 0.405 e. The Bertz CT molecular complexity index is 266. The smallest absolute Gasteiger partial charge is 0.399 e. The molecule has 1 aromatic rings. The van der Waals surface area contributed by atoms with Crippen LogP contribution in [0.5, 0.6) is 0 Å². The SMILES string of the molecule is Nc1ccc(NCC(F)(F)F)cc1. The molecule has 0 saturated heterocycles. The summed E-state index contributed by atoms with van der Waals surface area (Å²) in [6.07, 6.45) is -4.19. The van der Waals surface area contributed by atoms with Crippen molar-refractivity contribution in [2.24, 2.45) is 0 Å². The van der Waals surface area contributed by atoms with Crippen LogP contribution in [0.4, 0.5) is 24.5 Å². The highest BCUT2D eigenvalue weighted by Crippen LogP contribution is 2.17. The number of rotatable bonds is 2. The standard InChI is InChI=1S/C8H9F3N2/c9-8(10,11)5-13-7-3-1-6(12)2-4-7/h1-4,13H,5,12H2. The minimum atomic E-state index is -4.19. The Hall–Kier alpha value is -1.39. The topological polar surface area (TPSA) is 38.0 Å². The van der Waals surface area contributed by atoms with E-state index in [4.69, 9.17) is 5.73 Å². The maximum atomic E-state index is 11.7. The van der Waals surface area contributed by atoms with Crippen LogP contribution in [0.25, 0.3) is 0 Å². The third-order valence-corrected chi connectivity index (χ3v) is 1.40. The zero-order valence-corrected chi connectivity index (χ0v) is 6.73. The summed E-state index contributed by atoms with van der Waals surface area (Å²) in [7, 11) is 0. The molecule has 72 valence electrons. The Labute approximate surface area is 73.5 Å². The molecule has 0 atom stereocenters. The van der Waals surface area contributed by atoms with E-state index in [1.165, 1.54) is 12.1 Å². The molecule has 0 spiro atoms. The van der Waals surface area contributed by atoms with Gasteiger partial charge in [0.1, 0.15) is 6.54 Å². The molecule has 0 aliphatic heterocycles. The lowest BCUT2D eigenvalue weighted by Crippen LogP contribution is -2.21. The molecule has 3 N–H and O–H groups in total. The van der Waals surface area contributed by atoms with E-state index in [-0.39, 0.29) is 0 Å². The van der Waals surface area contributed by atoms with E-state index in [0.717, 1.165) is 0 Å². The first-order chi connectivity index (χ1) is 5.97. The van der Waals surface area contributed by atoms with Gasteiger partial charge in [0.05, 0.1) is 0 Å². The second kappa shape index (κ2) is 3.55. The molecule has 0 aliphatic rings. The molecule has 0 unspecified atom stereocenters. The Morgan fingerprint density at radius 2 is 1.69 bits per heavy atom. The molecule has 0 aliphatic carbocycles. The van der Waals surface area contributed by atoms with Gasteiger partial charge in [-0.1, -0.05) is 0 Å². The van der Waals surface area contributed by atoms with Gasteiger partial charge in [-0.25, -0.2) is 0 Å². The summed E-state index contributed by atoms with van der Waals surface area (Å²) in [5, 5.41) is 2.23. The van der Waals surface area contributed by atoms with Gasteiger partial charge in [-0.15, -0.1) is 0 Å². The van der Waals surface area contributed by atoms with Crippen LogP contribution in [-0.4, -0.2) is 12.7 Å². The van der Waals surface area contributed by atoms with Gasteiger partial charge in [0.25, 0.3) is 0 Å². The van der Waals surface area contributed by atoms with Crippen LogP contribution in [0.1, 0.15) is 0 Å². The first-order valence-corrected chi connectivity index (χ1v) is 3.63. The highest BCUT2D eigenvalue weighted by atomic mass is 19.4. The van der Waals surface area contributed by atoms with E-state index in [1.807, 2.05) is 0 Å². The van der Waals surface area contributed by atoms with Gasteiger partial charge in [-0.3, -0.25) is 0 Å². The van der Waals surface area contributed by atoms with E-state index in [0.29, 0.717) is 11.4 Å². The van der Waals surface area contributed by atoms with Gasteiger partial charge in [0.2, 0.25) is 0 Å². The second-order valence-corrected chi connectivity index (χ2v) is 2.59. The summed E-state index contributed by atoms with van der Waals surface area (Å²) in [4.78, 5) is 0. The van der Waals surface area contributed by atoms with Crippen molar-refractivity contribution in [3.8, 4) is 0 Å². The lowest BCUT2D eigenvalue weighted by atomic mass is 10.3. The van der Waals surface area contributed by atoms with Gasteiger partial charge in [-0.2, -0.15) is 13.2 Å². The van der Waals surface area contributed by atoms with Crippen molar-refractivity contribution in [2.45, 2.75) is 6.18 Å². The summed E-state index contributed by atoms with van der Waals surface area (Å²) in [6.45, 7) is -1.03. The zero-order valence-electron chi connectivity index (χ0n) is 6.73. The van der Waals surface area contributed by atoms with Gasteiger partial charge in [0.15, 0.2) is 0 Å². The molecule has 0 saturated carbocycles. The number of anilines is 2. The Morgan fingerprint density at radius 1 is 1.15 bits per heavy atom. The average Bonchev–Trinajstić information content (AvgIpc) is 2.02. The van der Waals surface area contributed by atoms with Crippen molar-refractivity contribution < 1.29 is 13.2 Å². The molecule has 0 fully saturated rings. The lowest BCUT2D eigenvalue weighted by molar-refractivity contribution is -0.115. The van der Waals surface area contributed by atoms with Crippen molar-refractivity contribution in [3.63, 3.8) is 0 Å². The van der Waals surface area contributed by atoms with Gasteiger partial charge < -0.3 is 11.1 Å². The van der Waals surface area contributed by atoms with Crippen molar-refractivity contribution in [3.05, 3.63) is 24.3 Å². The van der Waals surface area contributed by atoms with Crippen molar-refractivity contribution in [1.82, 2.24) is 0 Å². The Balaban J connectivity index is 2.51. The monoisotopic (exact) mass is 190 g/mol. The predicted molar refractivity (Wildman–Crippen MR) is 45.4 cm³/mol. The molecule has 5 heteroatoms. The predicted octanol–water partition coefficient (Wildman–Crippen LogP) is 2.24. The maximum Gasteiger partial charge on any atom is 0.405 e. The van der Waals surface area contributed by atoms with Gasteiger partial charge in [-0.05, 0) is 24.3 Å². The van der Waals surface area contributed by atoms with E-state index in [2.05, 4.69) is 5.32 Å². The number of hydrogen-bond donors (Lipinski definition) is 2. The molecular weight excluding hydrogens is 181 g/mol. The average molecular weight is 190 g/mol. The highest BCUT2D eigenvalue weighted by Gasteiger charge is 2.26. The molecule has 1 aromatic carbocycles. The summed E-state index contributed by atoms with van der Waals surface area (Å²) < 4.78 is 35.2. The minimum absolute atomic E-state index is 0.409. The van der Waals surface area contributed by atoms with Crippen LogP contribution in [-0.2, 0) is 0 Å². The van der Waals surface area contributed by atoms with Gasteiger partial charge >= 0.3 is 6.18 Å². The molecule has 2 nitrogen and oxygen atoms in total. The number of nitrogens with one attached hydrogen (secondary N) is 1. The van der Waals surface area contributed by atoms with Crippen LogP contribution in [0.15, 0.2) is 24.3 Å². The molecule has 0 aromatic heterocycles. The van der Waals surface area contributed by atoms with E-state index in [9.17, 15) is 13.2 Å². The van der Waals surface area contributed by atoms with Crippen LogP contribution < -0.4 is 11.1 Å². The molecule has 1 rings (SSSR count). The van der Waals surface area contributed by atoms with Crippen LogP contribution in [0.3, 0.4) is 0 Å². The summed E-state index contributed by atoms with van der Waals surface area (Å²) in [5.41, 5.74) is 6.29. The quantitative estimate of drug-likeness (QED) is 0.702. The van der Waals surface area contributed by atoms with Crippen LogP contribution >= 0.6 is 0 Å². The summed E-state index contributed by atoms with van der Waals surface area (Å²) in [5.74, 6) is 0. The second-order valence-electron chi connectivity index (χ2n) is 2.59. The Morgan fingerprint density at radius 3 is 2.15 bits per heavy atom. The molecule has 0 bridgehead atoms. The zero-order chi connectivity index (χ0) is 9.90. The number of nitrogen functional groups attached to an aromatic ring is 1. The molecular formula is C8H9F3N2. The van der Waals surface area contributed by atoms with E-state index in [1.54, 1.807) is 12.1 Å². The van der Waals surface area contributed by atoms with E-state index < -0.39 is 12.7 Å². The third kappa shape index (κ3) is 3.68. The van der Waals surface area contributed by atoms with Crippen molar-refractivity contribution in [1.29, 1.82) is 0 Å². The molecule has 13 heavy (non-hydrogen) atoms. The number of halogens is 3. The summed E-state index contributed by atoms with van der Waals surface area (Å²) in [6, 6.07) is 6.08. The summed E-state index contributed by atoms with van der Waals surface area (Å²) >= 11 is 0. The van der Waals surface area contributed by atoms with Crippen LogP contribution in [0.2, 0.25) is 0 Å². The lowest BCUT2D eigenvalue weighted by Gasteiger charge is -2.09. The first kappa shape index (κ1) is 9.70. The first-order valence-electron chi connectivity index (χ1n) is 3.63. The number of hydrogen-bond acceptors (Lipinski definition) is 2. The molecule has 0 amide bonds. The molecule has 0 heterocycles. The van der Waals surface area contributed by atoms with Crippen molar-refractivity contribution >= 4 is 11.4 Å². The fraction of sp³-hybridized carbons (Fsp3) is 0.250. The van der Waals surface area contributed by atoms with Gasteiger partial charge in [0, 0.05) is 11.4 Å². The maximum absolute atomic E-state index is 11.7. The Kier molecular flexibility index (Phi) is 2.65. The fourth-order valence-electron chi connectivity index (χ4n) is 0.803. The number of nitrogens with two attached hydrogens (primary N) is 1. The fourth-order valence-corrected chi connectivity index (χ4v) is 0.803. The highest BCUT2D eigenvalue weighted by molar-refractivity contribution is 5.51. The number of alkyl halides is 3. The number of benzene rings is 1. The van der Waals surface area contributed by atoms with Crippen LogP contribution in [0, 0.1) is 0 Å². The third-order valence-electron chi connectivity index (χ3n) is 1.40.